The number of rotatable bonds is 3. The van der Waals surface area contributed by atoms with E-state index in [1.165, 1.54) is 38.5 Å². The van der Waals surface area contributed by atoms with E-state index in [0.29, 0.717) is 11.0 Å². The molecule has 0 heterocycles. The molecule has 0 radical (unpaired) electrons. The molecule has 0 aliphatic heterocycles. The third kappa shape index (κ3) is 1.15. The summed E-state index contributed by atoms with van der Waals surface area (Å²) in [6, 6.07) is 0. The van der Waals surface area contributed by atoms with Crippen LogP contribution in [0.4, 0.5) is 0 Å². The summed E-state index contributed by atoms with van der Waals surface area (Å²) in [4.78, 5) is 0. The molecule has 0 aromatic heterocycles. The fourth-order valence-electron chi connectivity index (χ4n) is 3.57. The highest BCUT2D eigenvalue weighted by Crippen LogP contribution is 2.58. The average molecular weight is 182 g/mol. The van der Waals surface area contributed by atoms with E-state index >= 15 is 0 Å². The Morgan fingerprint density at radius 3 is 2.23 bits per heavy atom. The van der Waals surface area contributed by atoms with E-state index in [4.69, 9.17) is 5.73 Å². The molecule has 2 aliphatic rings. The van der Waals surface area contributed by atoms with Crippen molar-refractivity contribution in [2.45, 2.75) is 51.0 Å². The van der Waals surface area contributed by atoms with Crippen LogP contribution in [0.5, 0.6) is 0 Å². The molecule has 2 rings (SSSR count). The SMILES string of the molecule is CCNC1(CN)CCCC12CCC2. The highest BCUT2D eigenvalue weighted by Gasteiger charge is 2.56. The molecule has 2 heteroatoms. The van der Waals surface area contributed by atoms with E-state index in [1.54, 1.807) is 0 Å². The number of nitrogens with one attached hydrogen (secondary N) is 1. The van der Waals surface area contributed by atoms with E-state index < -0.39 is 0 Å². The lowest BCUT2D eigenvalue weighted by Crippen LogP contribution is -2.62. The Morgan fingerprint density at radius 1 is 1.15 bits per heavy atom. The van der Waals surface area contributed by atoms with Crippen LogP contribution in [0.1, 0.15) is 45.4 Å². The normalized spacial score (nSPS) is 36.5. The van der Waals surface area contributed by atoms with Crippen molar-refractivity contribution in [1.29, 1.82) is 0 Å². The second-order valence-corrected chi connectivity index (χ2v) is 4.80. The first-order valence-corrected chi connectivity index (χ1v) is 5.74. The Morgan fingerprint density at radius 2 is 1.77 bits per heavy atom. The van der Waals surface area contributed by atoms with Gasteiger partial charge in [0.2, 0.25) is 0 Å². The Balaban J connectivity index is 2.16. The molecule has 13 heavy (non-hydrogen) atoms. The number of hydrogen-bond donors (Lipinski definition) is 2. The van der Waals surface area contributed by atoms with Gasteiger partial charge in [-0.3, -0.25) is 0 Å². The van der Waals surface area contributed by atoms with Gasteiger partial charge in [-0.05, 0) is 37.6 Å². The maximum Gasteiger partial charge on any atom is 0.0360 e. The van der Waals surface area contributed by atoms with Gasteiger partial charge < -0.3 is 11.1 Å². The molecule has 1 spiro atoms. The predicted octanol–water partition coefficient (Wildman–Crippen LogP) is 1.65. The molecule has 2 nitrogen and oxygen atoms in total. The zero-order chi connectivity index (χ0) is 9.36. The smallest absolute Gasteiger partial charge is 0.0360 e. The molecular formula is C11H22N2. The molecule has 0 saturated heterocycles. The van der Waals surface area contributed by atoms with Gasteiger partial charge in [0.15, 0.2) is 0 Å². The van der Waals surface area contributed by atoms with Gasteiger partial charge in [-0.15, -0.1) is 0 Å². The van der Waals surface area contributed by atoms with Crippen molar-refractivity contribution >= 4 is 0 Å². The summed E-state index contributed by atoms with van der Waals surface area (Å²) in [5.74, 6) is 0. The minimum absolute atomic E-state index is 0.306. The zero-order valence-electron chi connectivity index (χ0n) is 8.73. The highest BCUT2D eigenvalue weighted by molar-refractivity contribution is 5.12. The maximum absolute atomic E-state index is 5.98. The standard InChI is InChI=1S/C11H22N2/c1-2-13-11(9-12)8-4-7-10(11)5-3-6-10/h13H,2-9,12H2,1H3. The third-order valence-electron chi connectivity index (χ3n) is 4.45. The summed E-state index contributed by atoms with van der Waals surface area (Å²) in [5.41, 5.74) is 6.88. The molecule has 0 aromatic carbocycles. The van der Waals surface area contributed by atoms with E-state index in [9.17, 15) is 0 Å². The van der Waals surface area contributed by atoms with Crippen LogP contribution in [0.2, 0.25) is 0 Å². The van der Waals surface area contributed by atoms with Gasteiger partial charge in [-0.2, -0.15) is 0 Å². The lowest BCUT2D eigenvalue weighted by atomic mass is 9.58. The van der Waals surface area contributed by atoms with Crippen LogP contribution in [0, 0.1) is 5.41 Å². The van der Waals surface area contributed by atoms with Crippen LogP contribution in [0.25, 0.3) is 0 Å². The number of likely N-dealkylation sites (N-methyl/N-ethyl adjacent to an activating group) is 1. The molecule has 76 valence electrons. The third-order valence-corrected chi connectivity index (χ3v) is 4.45. The second-order valence-electron chi connectivity index (χ2n) is 4.80. The minimum atomic E-state index is 0.306. The lowest BCUT2D eigenvalue weighted by molar-refractivity contribution is 0.0335. The van der Waals surface area contributed by atoms with E-state index in [1.807, 2.05) is 0 Å². The van der Waals surface area contributed by atoms with Crippen molar-refractivity contribution in [3.05, 3.63) is 0 Å². The summed E-state index contributed by atoms with van der Waals surface area (Å²) in [7, 11) is 0. The van der Waals surface area contributed by atoms with E-state index in [2.05, 4.69) is 12.2 Å². The summed E-state index contributed by atoms with van der Waals surface area (Å²) in [6.07, 6.45) is 8.35. The Hall–Kier alpha value is -0.0800. The number of nitrogens with two attached hydrogens (primary N) is 1. The molecule has 2 fully saturated rings. The molecule has 0 amide bonds. The van der Waals surface area contributed by atoms with Crippen LogP contribution in [0.15, 0.2) is 0 Å². The van der Waals surface area contributed by atoms with Crippen molar-refractivity contribution in [1.82, 2.24) is 5.32 Å². The Labute approximate surface area is 81.3 Å². The molecule has 0 bridgehead atoms. The van der Waals surface area contributed by atoms with Gasteiger partial charge in [0.25, 0.3) is 0 Å². The van der Waals surface area contributed by atoms with Crippen LogP contribution in [0.3, 0.4) is 0 Å². The summed E-state index contributed by atoms with van der Waals surface area (Å²) in [5, 5.41) is 3.68. The summed E-state index contributed by atoms with van der Waals surface area (Å²) < 4.78 is 0. The molecular weight excluding hydrogens is 160 g/mol. The van der Waals surface area contributed by atoms with Crippen molar-refractivity contribution in [2.75, 3.05) is 13.1 Å². The van der Waals surface area contributed by atoms with Gasteiger partial charge in [0.05, 0.1) is 0 Å². The highest BCUT2D eigenvalue weighted by atomic mass is 15.0. The average Bonchev–Trinajstić information content (AvgIpc) is 2.44. The van der Waals surface area contributed by atoms with Crippen LogP contribution in [-0.2, 0) is 0 Å². The summed E-state index contributed by atoms with van der Waals surface area (Å²) in [6.45, 7) is 4.10. The van der Waals surface area contributed by atoms with Gasteiger partial charge in [0, 0.05) is 12.1 Å². The first kappa shape index (κ1) is 9.47. The number of hydrogen-bond acceptors (Lipinski definition) is 2. The Bertz CT molecular complexity index is 187. The van der Waals surface area contributed by atoms with Crippen molar-refractivity contribution in [3.63, 3.8) is 0 Å². The monoisotopic (exact) mass is 182 g/mol. The maximum atomic E-state index is 5.98. The van der Waals surface area contributed by atoms with Crippen LogP contribution in [-0.4, -0.2) is 18.6 Å². The Kier molecular flexibility index (Phi) is 2.37. The fraction of sp³-hybridized carbons (Fsp3) is 1.00. The molecule has 2 aliphatic carbocycles. The molecule has 0 aromatic rings. The van der Waals surface area contributed by atoms with Gasteiger partial charge in [0.1, 0.15) is 0 Å². The lowest BCUT2D eigenvalue weighted by Gasteiger charge is -2.52. The van der Waals surface area contributed by atoms with Crippen LogP contribution >= 0.6 is 0 Å². The first-order chi connectivity index (χ1) is 6.29. The zero-order valence-corrected chi connectivity index (χ0v) is 8.73. The van der Waals surface area contributed by atoms with E-state index in [-0.39, 0.29) is 0 Å². The van der Waals surface area contributed by atoms with Gasteiger partial charge >= 0.3 is 0 Å². The van der Waals surface area contributed by atoms with Gasteiger partial charge in [-0.1, -0.05) is 19.8 Å². The van der Waals surface area contributed by atoms with E-state index in [0.717, 1.165) is 13.1 Å². The second kappa shape index (κ2) is 3.25. The quantitative estimate of drug-likeness (QED) is 0.696. The minimum Gasteiger partial charge on any atom is -0.329 e. The topological polar surface area (TPSA) is 38.0 Å². The molecule has 1 unspecified atom stereocenters. The molecule has 3 N–H and O–H groups in total. The largest absolute Gasteiger partial charge is 0.329 e. The van der Waals surface area contributed by atoms with Crippen molar-refractivity contribution in [2.24, 2.45) is 11.1 Å². The molecule has 2 saturated carbocycles. The van der Waals surface area contributed by atoms with Crippen molar-refractivity contribution in [3.8, 4) is 0 Å². The first-order valence-electron chi connectivity index (χ1n) is 5.74. The van der Waals surface area contributed by atoms with Crippen molar-refractivity contribution < 1.29 is 0 Å². The fourth-order valence-corrected chi connectivity index (χ4v) is 3.57. The summed E-state index contributed by atoms with van der Waals surface area (Å²) >= 11 is 0. The predicted molar refractivity (Wildman–Crippen MR) is 55.6 cm³/mol. The van der Waals surface area contributed by atoms with Gasteiger partial charge in [-0.25, -0.2) is 0 Å². The van der Waals surface area contributed by atoms with Crippen LogP contribution < -0.4 is 11.1 Å². The molecule has 1 atom stereocenters.